The first-order valence-electron chi connectivity index (χ1n) is 5.41. The Balaban J connectivity index is 2.20. The van der Waals surface area contributed by atoms with Crippen LogP contribution in [0.4, 0.5) is 13.2 Å². The monoisotopic (exact) mass is 426 g/mol. The highest BCUT2D eigenvalue weighted by atomic mass is 79.9. The van der Waals surface area contributed by atoms with Crippen LogP contribution < -0.4 is 0 Å². The Hall–Kier alpha value is -0.660. The Morgan fingerprint density at radius 3 is 2.45 bits per heavy atom. The average Bonchev–Trinajstić information content (AvgIpc) is 2.69. The maximum atomic E-state index is 12.6. The number of carbonyl (C=O) groups excluding carboxylic acids is 1. The normalized spacial score (nSPS) is 11.7. The number of benzene rings is 1. The van der Waals surface area contributed by atoms with Gasteiger partial charge in [-0.05, 0) is 49.6 Å². The van der Waals surface area contributed by atoms with Crippen molar-refractivity contribution in [2.45, 2.75) is 12.6 Å². The third-order valence-electron chi connectivity index (χ3n) is 2.54. The van der Waals surface area contributed by atoms with Gasteiger partial charge in [-0.25, -0.2) is 0 Å². The summed E-state index contributed by atoms with van der Waals surface area (Å²) in [5, 5.41) is 0. The number of thiophene rings is 1. The van der Waals surface area contributed by atoms with E-state index in [2.05, 4.69) is 31.9 Å². The molecule has 2 rings (SSSR count). The molecule has 7 heteroatoms. The summed E-state index contributed by atoms with van der Waals surface area (Å²) < 4.78 is 39.3. The van der Waals surface area contributed by atoms with E-state index in [1.165, 1.54) is 23.5 Å². The number of ketones is 1. The van der Waals surface area contributed by atoms with Crippen LogP contribution in [0, 0.1) is 0 Å². The van der Waals surface area contributed by atoms with Crippen LogP contribution in [0.2, 0.25) is 0 Å². The number of rotatable bonds is 3. The van der Waals surface area contributed by atoms with E-state index in [4.69, 9.17) is 0 Å². The van der Waals surface area contributed by atoms with E-state index >= 15 is 0 Å². The minimum absolute atomic E-state index is 0.0523. The summed E-state index contributed by atoms with van der Waals surface area (Å²) in [6, 6.07) is 6.49. The van der Waals surface area contributed by atoms with E-state index in [9.17, 15) is 18.0 Å². The molecule has 1 heterocycles. The highest BCUT2D eigenvalue weighted by Gasteiger charge is 2.30. The number of Topliss-reactive ketones (excluding diaryl/α,β-unsaturated/α-hetero) is 1. The highest BCUT2D eigenvalue weighted by molar-refractivity contribution is 9.13. The fourth-order valence-corrected chi connectivity index (χ4v) is 3.59. The van der Waals surface area contributed by atoms with Crippen LogP contribution in [0.25, 0.3) is 0 Å². The topological polar surface area (TPSA) is 17.1 Å². The molecule has 0 N–H and O–H groups in total. The molecule has 0 radical (unpaired) electrons. The lowest BCUT2D eigenvalue weighted by Gasteiger charge is -2.08. The molecule has 20 heavy (non-hydrogen) atoms. The predicted molar refractivity (Wildman–Crippen MR) is 79.2 cm³/mol. The van der Waals surface area contributed by atoms with Gasteiger partial charge in [0, 0.05) is 10.9 Å². The van der Waals surface area contributed by atoms with Gasteiger partial charge < -0.3 is 0 Å². The first-order chi connectivity index (χ1) is 9.27. The second-order valence-corrected chi connectivity index (χ2v) is 7.25. The summed E-state index contributed by atoms with van der Waals surface area (Å²) in [6.07, 6.45) is -4.45. The lowest BCUT2D eigenvalue weighted by Crippen LogP contribution is -2.07. The van der Waals surface area contributed by atoms with Crippen molar-refractivity contribution < 1.29 is 18.0 Å². The minimum Gasteiger partial charge on any atom is -0.293 e. The Labute approximate surface area is 134 Å². The first kappa shape index (κ1) is 15.7. The number of hydrogen-bond acceptors (Lipinski definition) is 2. The molecule has 1 aromatic heterocycles. The molecule has 0 aliphatic rings. The summed E-state index contributed by atoms with van der Waals surface area (Å²) in [5.41, 5.74) is -0.387. The van der Waals surface area contributed by atoms with Gasteiger partial charge in [-0.1, -0.05) is 18.2 Å². The van der Waals surface area contributed by atoms with E-state index in [0.717, 1.165) is 20.4 Å². The summed E-state index contributed by atoms with van der Waals surface area (Å²) in [4.78, 5) is 12.5. The summed E-state index contributed by atoms with van der Waals surface area (Å²) in [5.74, 6) is -0.208. The molecule has 2 aromatic rings. The van der Waals surface area contributed by atoms with Crippen molar-refractivity contribution in [2.24, 2.45) is 0 Å². The standard InChI is InChI=1S/C13H7Br2F3OS/c14-9-6-11(20-12(9)15)10(19)5-7-2-1-3-8(4-7)13(16,17)18/h1-4,6H,5H2. The van der Waals surface area contributed by atoms with Crippen molar-refractivity contribution in [1.29, 1.82) is 0 Å². The summed E-state index contributed by atoms with van der Waals surface area (Å²) >= 11 is 7.80. The molecule has 1 nitrogen and oxygen atoms in total. The zero-order valence-electron chi connectivity index (χ0n) is 9.80. The van der Waals surface area contributed by atoms with Crippen molar-refractivity contribution in [3.05, 3.63) is 54.6 Å². The molecule has 0 fully saturated rings. The summed E-state index contributed by atoms with van der Waals surface area (Å²) in [7, 11) is 0. The molecule has 0 spiro atoms. The molecular weight excluding hydrogens is 421 g/mol. The first-order valence-corrected chi connectivity index (χ1v) is 7.82. The molecule has 0 amide bonds. The maximum Gasteiger partial charge on any atom is 0.416 e. The van der Waals surface area contributed by atoms with E-state index in [1.54, 1.807) is 6.07 Å². The third kappa shape index (κ3) is 3.71. The lowest BCUT2D eigenvalue weighted by atomic mass is 10.0. The Morgan fingerprint density at radius 1 is 1.20 bits per heavy atom. The largest absolute Gasteiger partial charge is 0.416 e. The van der Waals surface area contributed by atoms with Crippen molar-refractivity contribution in [3.63, 3.8) is 0 Å². The number of halogens is 5. The Morgan fingerprint density at radius 2 is 1.90 bits per heavy atom. The average molecular weight is 428 g/mol. The van der Waals surface area contributed by atoms with Gasteiger partial charge in [0.1, 0.15) is 0 Å². The van der Waals surface area contributed by atoms with E-state index in [-0.39, 0.29) is 12.2 Å². The van der Waals surface area contributed by atoms with Crippen LogP contribution in [0.1, 0.15) is 20.8 Å². The fraction of sp³-hybridized carbons (Fsp3) is 0.154. The minimum atomic E-state index is -4.39. The quantitative estimate of drug-likeness (QED) is 0.572. The second kappa shape index (κ2) is 5.99. The Bertz CT molecular complexity index is 630. The predicted octanol–water partition coefficient (Wildman–Crippen LogP) is 5.72. The third-order valence-corrected chi connectivity index (χ3v) is 5.84. The van der Waals surface area contributed by atoms with Gasteiger partial charge in [0.15, 0.2) is 5.78 Å². The zero-order chi connectivity index (χ0) is 14.9. The second-order valence-electron chi connectivity index (χ2n) is 4.03. The molecule has 0 saturated carbocycles. The maximum absolute atomic E-state index is 12.6. The number of alkyl halides is 3. The van der Waals surface area contributed by atoms with Crippen LogP contribution in [0.3, 0.4) is 0 Å². The van der Waals surface area contributed by atoms with Gasteiger partial charge in [0.05, 0.1) is 14.2 Å². The van der Waals surface area contributed by atoms with Gasteiger partial charge in [0.25, 0.3) is 0 Å². The van der Waals surface area contributed by atoms with Crippen molar-refractivity contribution >= 4 is 49.0 Å². The van der Waals surface area contributed by atoms with Crippen molar-refractivity contribution in [1.82, 2.24) is 0 Å². The lowest BCUT2D eigenvalue weighted by molar-refractivity contribution is -0.137. The van der Waals surface area contributed by atoms with E-state index < -0.39 is 11.7 Å². The van der Waals surface area contributed by atoms with Gasteiger partial charge in [0.2, 0.25) is 0 Å². The molecule has 0 atom stereocenters. The van der Waals surface area contributed by atoms with Gasteiger partial charge in [-0.15, -0.1) is 11.3 Å². The molecule has 1 aromatic carbocycles. The molecular formula is C13H7Br2F3OS. The molecule has 0 aliphatic heterocycles. The van der Waals surface area contributed by atoms with Crippen LogP contribution in [-0.2, 0) is 12.6 Å². The van der Waals surface area contributed by atoms with Gasteiger partial charge >= 0.3 is 6.18 Å². The number of hydrogen-bond donors (Lipinski definition) is 0. The summed E-state index contributed by atoms with van der Waals surface area (Å²) in [6.45, 7) is 0. The number of carbonyl (C=O) groups is 1. The Kier molecular flexibility index (Phi) is 4.71. The van der Waals surface area contributed by atoms with Crippen molar-refractivity contribution in [3.8, 4) is 0 Å². The van der Waals surface area contributed by atoms with Crippen LogP contribution in [0.5, 0.6) is 0 Å². The van der Waals surface area contributed by atoms with Crippen LogP contribution in [-0.4, -0.2) is 5.78 Å². The van der Waals surface area contributed by atoms with Gasteiger partial charge in [-0.3, -0.25) is 4.79 Å². The highest BCUT2D eigenvalue weighted by Crippen LogP contribution is 2.33. The van der Waals surface area contributed by atoms with Crippen LogP contribution in [0.15, 0.2) is 38.6 Å². The SMILES string of the molecule is O=C(Cc1cccc(C(F)(F)F)c1)c1cc(Br)c(Br)s1. The fourth-order valence-electron chi connectivity index (χ4n) is 1.61. The molecule has 0 bridgehead atoms. The van der Waals surface area contributed by atoms with Gasteiger partial charge in [-0.2, -0.15) is 13.2 Å². The zero-order valence-corrected chi connectivity index (χ0v) is 13.8. The van der Waals surface area contributed by atoms with E-state index in [1.807, 2.05) is 0 Å². The molecule has 0 unspecified atom stereocenters. The molecule has 106 valence electrons. The van der Waals surface area contributed by atoms with Crippen LogP contribution >= 0.6 is 43.2 Å². The van der Waals surface area contributed by atoms with E-state index in [0.29, 0.717) is 10.4 Å². The smallest absolute Gasteiger partial charge is 0.293 e. The van der Waals surface area contributed by atoms with Crippen molar-refractivity contribution in [2.75, 3.05) is 0 Å². The molecule has 0 aliphatic carbocycles. The molecule has 0 saturated heterocycles.